The van der Waals surface area contributed by atoms with Crippen molar-refractivity contribution >= 4 is 17.5 Å². The van der Waals surface area contributed by atoms with Gasteiger partial charge in [-0.3, -0.25) is 4.79 Å². The van der Waals surface area contributed by atoms with Crippen molar-refractivity contribution in [3.05, 3.63) is 42.3 Å². The number of nitrogens with one attached hydrogen (secondary N) is 1. The summed E-state index contributed by atoms with van der Waals surface area (Å²) < 4.78 is 21.6. The van der Waals surface area contributed by atoms with Crippen LogP contribution in [0.4, 0.5) is 11.6 Å². The number of piperidine rings is 1. The lowest BCUT2D eigenvalue weighted by Crippen LogP contribution is -2.38. The third-order valence-corrected chi connectivity index (χ3v) is 5.22. The zero-order valence-electron chi connectivity index (χ0n) is 17.3. The molecule has 31 heavy (non-hydrogen) atoms. The lowest BCUT2D eigenvalue weighted by Gasteiger charge is -2.31. The minimum absolute atomic E-state index is 0.0655. The molecule has 1 aliphatic heterocycles. The van der Waals surface area contributed by atoms with E-state index in [9.17, 15) is 10.1 Å². The van der Waals surface area contributed by atoms with E-state index in [1.165, 1.54) is 6.26 Å². The maximum absolute atomic E-state index is 12.8. The van der Waals surface area contributed by atoms with Gasteiger partial charge in [0.2, 0.25) is 17.5 Å². The maximum atomic E-state index is 12.8. The van der Waals surface area contributed by atoms with Crippen molar-refractivity contribution < 1.29 is 23.1 Å². The van der Waals surface area contributed by atoms with Gasteiger partial charge in [-0.15, -0.1) is 0 Å². The van der Waals surface area contributed by atoms with E-state index in [0.29, 0.717) is 54.8 Å². The summed E-state index contributed by atoms with van der Waals surface area (Å²) in [6.45, 7) is 1.14. The van der Waals surface area contributed by atoms with Gasteiger partial charge in [-0.1, -0.05) is 0 Å². The van der Waals surface area contributed by atoms with Crippen LogP contribution in [0, 0.1) is 17.2 Å². The Labute approximate surface area is 179 Å². The quantitative estimate of drug-likeness (QED) is 0.640. The van der Waals surface area contributed by atoms with Crippen LogP contribution in [0.15, 0.2) is 45.4 Å². The molecule has 0 radical (unpaired) electrons. The minimum atomic E-state index is -0.161. The van der Waals surface area contributed by atoms with Gasteiger partial charge in [-0.05, 0) is 25.0 Å². The molecule has 9 nitrogen and oxygen atoms in total. The number of furan rings is 1. The third kappa shape index (κ3) is 4.33. The molecular weight excluding hydrogens is 400 g/mol. The highest BCUT2D eigenvalue weighted by atomic mass is 16.5. The number of aromatic nitrogens is 1. The van der Waals surface area contributed by atoms with Gasteiger partial charge in [0.1, 0.15) is 17.6 Å². The minimum Gasteiger partial charge on any atom is -0.497 e. The van der Waals surface area contributed by atoms with Crippen molar-refractivity contribution in [3.63, 3.8) is 0 Å². The Bertz CT molecular complexity index is 1070. The standard InChI is InChI=1S/C22H22N4O5/c1-28-16-10-15(11-17(12-16)29-2)24-20(27)14-5-7-26(8-6-14)22-18(13-23)25-21(31-22)19-4-3-9-30-19/h3-4,9-12,14H,5-8H2,1-2H3,(H,24,27). The van der Waals surface area contributed by atoms with Crippen molar-refractivity contribution in [3.8, 4) is 29.2 Å². The number of methoxy groups -OCH3 is 2. The molecule has 0 spiro atoms. The lowest BCUT2D eigenvalue weighted by atomic mass is 9.96. The number of hydrogen-bond acceptors (Lipinski definition) is 8. The Balaban J connectivity index is 1.41. The molecule has 1 amide bonds. The van der Waals surface area contributed by atoms with Crippen LogP contribution < -0.4 is 19.7 Å². The molecule has 2 aromatic heterocycles. The van der Waals surface area contributed by atoms with Crippen LogP contribution in [0.2, 0.25) is 0 Å². The van der Waals surface area contributed by atoms with Crippen LogP contribution in [-0.4, -0.2) is 38.2 Å². The van der Waals surface area contributed by atoms with E-state index in [1.54, 1.807) is 44.6 Å². The molecule has 160 valence electrons. The number of nitrogens with zero attached hydrogens (tertiary/aromatic N) is 3. The van der Waals surface area contributed by atoms with E-state index in [4.69, 9.17) is 18.3 Å². The molecule has 1 aromatic carbocycles. The summed E-state index contributed by atoms with van der Waals surface area (Å²) in [7, 11) is 3.12. The maximum Gasteiger partial charge on any atom is 0.266 e. The first-order valence-electron chi connectivity index (χ1n) is 9.85. The van der Waals surface area contributed by atoms with Gasteiger partial charge in [0.25, 0.3) is 5.89 Å². The Morgan fingerprint density at radius 1 is 1.23 bits per heavy atom. The summed E-state index contributed by atoms with van der Waals surface area (Å²) in [5.41, 5.74) is 0.825. The molecule has 0 unspecified atom stereocenters. The summed E-state index contributed by atoms with van der Waals surface area (Å²) in [5.74, 6) is 2.12. The summed E-state index contributed by atoms with van der Waals surface area (Å²) in [5, 5.41) is 12.4. The zero-order chi connectivity index (χ0) is 21.8. The number of carbonyl (C=O) groups excluding carboxylic acids is 1. The Kier molecular flexibility index (Phi) is 5.80. The summed E-state index contributed by atoms with van der Waals surface area (Å²) in [4.78, 5) is 18.9. The smallest absolute Gasteiger partial charge is 0.266 e. The number of benzene rings is 1. The van der Waals surface area contributed by atoms with E-state index in [1.807, 2.05) is 4.90 Å². The average Bonchev–Trinajstić information content (AvgIpc) is 3.48. The van der Waals surface area contributed by atoms with Gasteiger partial charge in [0.05, 0.1) is 20.5 Å². The van der Waals surface area contributed by atoms with Crippen molar-refractivity contribution in [2.75, 3.05) is 37.5 Å². The molecule has 1 saturated heterocycles. The summed E-state index contributed by atoms with van der Waals surface area (Å²) in [6.07, 6.45) is 2.76. The van der Waals surface area contributed by atoms with Gasteiger partial charge < -0.3 is 28.5 Å². The van der Waals surface area contributed by atoms with Crippen LogP contribution >= 0.6 is 0 Å². The van der Waals surface area contributed by atoms with Crippen molar-refractivity contribution in [1.29, 1.82) is 5.26 Å². The molecule has 3 heterocycles. The summed E-state index contributed by atoms with van der Waals surface area (Å²) >= 11 is 0. The molecule has 1 aliphatic rings. The third-order valence-electron chi connectivity index (χ3n) is 5.22. The first-order valence-corrected chi connectivity index (χ1v) is 9.85. The van der Waals surface area contributed by atoms with E-state index < -0.39 is 0 Å². The van der Waals surface area contributed by atoms with Gasteiger partial charge in [-0.25, -0.2) is 0 Å². The van der Waals surface area contributed by atoms with Crippen LogP contribution in [0.25, 0.3) is 11.7 Å². The predicted molar refractivity (Wildman–Crippen MR) is 112 cm³/mol. The van der Waals surface area contributed by atoms with Crippen LogP contribution in [0.3, 0.4) is 0 Å². The largest absolute Gasteiger partial charge is 0.497 e. The molecule has 4 rings (SSSR count). The first-order chi connectivity index (χ1) is 15.1. The van der Waals surface area contributed by atoms with Gasteiger partial charge >= 0.3 is 0 Å². The molecule has 0 atom stereocenters. The van der Waals surface area contributed by atoms with E-state index in [2.05, 4.69) is 16.4 Å². The Morgan fingerprint density at radius 3 is 2.52 bits per heavy atom. The monoisotopic (exact) mass is 422 g/mol. The summed E-state index contributed by atoms with van der Waals surface area (Å²) in [6, 6.07) is 10.8. The number of rotatable bonds is 6. The first kappa shape index (κ1) is 20.3. The second-order valence-electron chi connectivity index (χ2n) is 7.11. The van der Waals surface area contributed by atoms with Gasteiger partial charge in [0.15, 0.2) is 5.76 Å². The van der Waals surface area contributed by atoms with Gasteiger partial charge in [-0.2, -0.15) is 10.2 Å². The number of anilines is 2. The van der Waals surface area contributed by atoms with Gasteiger partial charge in [0, 0.05) is 42.9 Å². The Hall–Kier alpha value is -3.93. The zero-order valence-corrected chi connectivity index (χ0v) is 17.3. The average molecular weight is 422 g/mol. The van der Waals surface area contributed by atoms with E-state index in [0.717, 1.165) is 0 Å². The number of amides is 1. The molecule has 9 heteroatoms. The number of ether oxygens (including phenoxy) is 2. The SMILES string of the molecule is COc1cc(NC(=O)C2CCN(c3oc(-c4ccco4)nc3C#N)CC2)cc(OC)c1. The molecule has 3 aromatic rings. The highest BCUT2D eigenvalue weighted by Crippen LogP contribution is 2.32. The Morgan fingerprint density at radius 2 is 1.94 bits per heavy atom. The van der Waals surface area contributed by atoms with Crippen molar-refractivity contribution in [2.45, 2.75) is 12.8 Å². The second kappa shape index (κ2) is 8.83. The van der Waals surface area contributed by atoms with Crippen molar-refractivity contribution in [2.24, 2.45) is 5.92 Å². The number of oxazole rings is 1. The fourth-order valence-electron chi connectivity index (χ4n) is 3.57. The number of hydrogen-bond donors (Lipinski definition) is 1. The highest BCUT2D eigenvalue weighted by Gasteiger charge is 2.29. The number of nitriles is 1. The molecular formula is C22H22N4O5. The fraction of sp³-hybridized carbons (Fsp3) is 0.318. The van der Waals surface area contributed by atoms with Crippen LogP contribution in [0.1, 0.15) is 18.5 Å². The lowest BCUT2D eigenvalue weighted by molar-refractivity contribution is -0.120. The van der Waals surface area contributed by atoms with E-state index >= 15 is 0 Å². The van der Waals surface area contributed by atoms with Crippen molar-refractivity contribution in [1.82, 2.24) is 4.98 Å². The second-order valence-corrected chi connectivity index (χ2v) is 7.11. The number of carbonyl (C=O) groups is 1. The normalized spacial score (nSPS) is 14.2. The molecule has 0 saturated carbocycles. The molecule has 0 aliphatic carbocycles. The topological polar surface area (TPSA) is 114 Å². The van der Waals surface area contributed by atoms with E-state index in [-0.39, 0.29) is 23.4 Å². The highest BCUT2D eigenvalue weighted by molar-refractivity contribution is 5.93. The fourth-order valence-corrected chi connectivity index (χ4v) is 3.57. The molecule has 1 fully saturated rings. The molecule has 1 N–H and O–H groups in total. The van der Waals surface area contributed by atoms with Crippen LogP contribution in [0.5, 0.6) is 11.5 Å². The molecule has 0 bridgehead atoms. The predicted octanol–water partition coefficient (Wildman–Crippen LogP) is 3.68. The van der Waals surface area contributed by atoms with Crippen LogP contribution in [-0.2, 0) is 4.79 Å².